The van der Waals surface area contributed by atoms with Crippen LogP contribution in [0.2, 0.25) is 0 Å². The predicted octanol–water partition coefficient (Wildman–Crippen LogP) is 3.93. The molecule has 0 saturated heterocycles. The van der Waals surface area contributed by atoms with Crippen LogP contribution in [0.3, 0.4) is 0 Å². The first-order chi connectivity index (χ1) is 11.2. The lowest BCUT2D eigenvalue weighted by atomic mass is 10.1. The fraction of sp³-hybridized carbons (Fsp3) is 0.118. The molecule has 2 aromatic rings. The molecule has 0 radical (unpaired) electrons. The van der Waals surface area contributed by atoms with Gasteiger partial charge in [0.25, 0.3) is 0 Å². The van der Waals surface area contributed by atoms with E-state index in [-0.39, 0.29) is 10.6 Å². The summed E-state index contributed by atoms with van der Waals surface area (Å²) in [4.78, 5) is 10.6. The minimum Gasteiger partial charge on any atom is -0.478 e. The summed E-state index contributed by atoms with van der Waals surface area (Å²) in [5.41, 5.74) is 1.85. The highest BCUT2D eigenvalue weighted by Crippen LogP contribution is 2.29. The fourth-order valence-corrected chi connectivity index (χ4v) is 3.45. The van der Waals surface area contributed by atoms with Crippen LogP contribution in [0.1, 0.15) is 16.7 Å². The summed E-state index contributed by atoms with van der Waals surface area (Å²) >= 11 is 3.25. The number of hydrogen-bond acceptors (Lipinski definition) is 4. The van der Waals surface area contributed by atoms with E-state index >= 15 is 0 Å². The number of carboxylic acid groups (broad SMARTS) is 1. The van der Waals surface area contributed by atoms with Gasteiger partial charge >= 0.3 is 16.1 Å². The maximum absolute atomic E-state index is 12.4. The first kappa shape index (κ1) is 18.2. The molecule has 0 aliphatic carbocycles. The van der Waals surface area contributed by atoms with Crippen LogP contribution >= 0.6 is 15.9 Å². The number of halogens is 1. The highest BCUT2D eigenvalue weighted by molar-refractivity contribution is 9.10. The first-order valence-electron chi connectivity index (χ1n) is 6.91. The van der Waals surface area contributed by atoms with Crippen molar-refractivity contribution in [2.45, 2.75) is 18.7 Å². The normalized spacial score (nSPS) is 11.6. The van der Waals surface area contributed by atoms with Gasteiger partial charge in [-0.05, 0) is 73.0 Å². The van der Waals surface area contributed by atoms with Crippen molar-refractivity contribution in [1.82, 2.24) is 0 Å². The monoisotopic (exact) mass is 410 g/mol. The predicted molar refractivity (Wildman–Crippen MR) is 94.5 cm³/mol. The van der Waals surface area contributed by atoms with E-state index < -0.39 is 16.1 Å². The lowest BCUT2D eigenvalue weighted by Gasteiger charge is -2.13. The van der Waals surface area contributed by atoms with Gasteiger partial charge in [-0.25, -0.2) is 4.79 Å². The van der Waals surface area contributed by atoms with Gasteiger partial charge in [-0.15, -0.1) is 0 Å². The summed E-state index contributed by atoms with van der Waals surface area (Å²) in [5, 5.41) is 8.67. The molecule has 0 fully saturated rings. The van der Waals surface area contributed by atoms with Crippen molar-refractivity contribution in [3.63, 3.8) is 0 Å². The minimum absolute atomic E-state index is 0.0550. The van der Waals surface area contributed by atoms with Crippen LogP contribution in [0.5, 0.6) is 5.75 Å². The van der Waals surface area contributed by atoms with Crippen LogP contribution in [0.25, 0.3) is 6.08 Å². The van der Waals surface area contributed by atoms with Gasteiger partial charge < -0.3 is 9.29 Å². The van der Waals surface area contributed by atoms with E-state index in [9.17, 15) is 13.2 Å². The number of hydrogen-bond donors (Lipinski definition) is 1. The van der Waals surface area contributed by atoms with Gasteiger partial charge in [-0.2, -0.15) is 8.42 Å². The fourth-order valence-electron chi connectivity index (χ4n) is 2.14. The number of aryl methyl sites for hydroxylation is 2. The SMILES string of the molecule is Cc1cc(/C=C/C(=O)O)cc(C)c1OS(=O)(=O)c1ccc(Br)cc1. The summed E-state index contributed by atoms with van der Waals surface area (Å²) in [6.07, 6.45) is 2.46. The molecule has 7 heteroatoms. The summed E-state index contributed by atoms with van der Waals surface area (Å²) in [6.45, 7) is 3.41. The Morgan fingerprint density at radius 3 is 2.17 bits per heavy atom. The minimum atomic E-state index is -3.95. The summed E-state index contributed by atoms with van der Waals surface area (Å²) in [7, 11) is -3.95. The van der Waals surface area contributed by atoms with E-state index in [0.29, 0.717) is 16.7 Å². The molecule has 0 aromatic heterocycles. The second-order valence-electron chi connectivity index (χ2n) is 5.15. The number of benzene rings is 2. The average molecular weight is 411 g/mol. The van der Waals surface area contributed by atoms with E-state index in [1.807, 2.05) is 0 Å². The molecule has 0 heterocycles. The van der Waals surface area contributed by atoms with E-state index in [4.69, 9.17) is 9.29 Å². The molecule has 5 nitrogen and oxygen atoms in total. The van der Waals surface area contributed by atoms with E-state index in [1.54, 1.807) is 38.1 Å². The zero-order valence-corrected chi connectivity index (χ0v) is 15.4. The topological polar surface area (TPSA) is 80.7 Å². The Balaban J connectivity index is 2.36. The van der Waals surface area contributed by atoms with Gasteiger partial charge in [0.05, 0.1) is 0 Å². The van der Waals surface area contributed by atoms with Crippen LogP contribution < -0.4 is 4.18 Å². The Hall–Kier alpha value is -2.12. The lowest BCUT2D eigenvalue weighted by molar-refractivity contribution is -0.131. The second-order valence-corrected chi connectivity index (χ2v) is 7.61. The van der Waals surface area contributed by atoms with Gasteiger partial charge in [0.15, 0.2) is 0 Å². The van der Waals surface area contributed by atoms with Crippen LogP contribution in [-0.2, 0) is 14.9 Å². The Bertz CT molecular complexity index is 876. The molecular weight excluding hydrogens is 396 g/mol. The summed E-state index contributed by atoms with van der Waals surface area (Å²) in [5.74, 6) is -0.811. The molecule has 0 atom stereocenters. The van der Waals surface area contributed by atoms with Crippen molar-refractivity contribution < 1.29 is 22.5 Å². The van der Waals surface area contributed by atoms with Gasteiger partial charge in [0, 0.05) is 10.5 Å². The molecule has 24 heavy (non-hydrogen) atoms. The quantitative estimate of drug-likeness (QED) is 0.596. The molecule has 2 rings (SSSR count). The molecule has 0 aliphatic heterocycles. The zero-order valence-electron chi connectivity index (χ0n) is 13.0. The summed E-state index contributed by atoms with van der Waals surface area (Å²) < 4.78 is 30.8. The van der Waals surface area contributed by atoms with Crippen molar-refractivity contribution in [1.29, 1.82) is 0 Å². The van der Waals surface area contributed by atoms with Gasteiger partial charge in [0.1, 0.15) is 10.6 Å². The van der Waals surface area contributed by atoms with Crippen molar-refractivity contribution >= 4 is 38.1 Å². The van der Waals surface area contributed by atoms with Crippen molar-refractivity contribution in [2.75, 3.05) is 0 Å². The van der Waals surface area contributed by atoms with Gasteiger partial charge in [-0.3, -0.25) is 0 Å². The largest absolute Gasteiger partial charge is 0.478 e. The van der Waals surface area contributed by atoms with Crippen LogP contribution in [0.4, 0.5) is 0 Å². The summed E-state index contributed by atoms with van der Waals surface area (Å²) in [6, 6.07) is 9.48. The Morgan fingerprint density at radius 1 is 1.12 bits per heavy atom. The average Bonchev–Trinajstić information content (AvgIpc) is 2.49. The number of rotatable bonds is 5. The molecule has 1 N–H and O–H groups in total. The Labute approximate surface area is 148 Å². The maximum atomic E-state index is 12.4. The number of aliphatic carboxylic acids is 1. The van der Waals surface area contributed by atoms with Gasteiger partial charge in [0.2, 0.25) is 0 Å². The number of carboxylic acids is 1. The second kappa shape index (κ2) is 7.19. The molecule has 126 valence electrons. The van der Waals surface area contributed by atoms with Crippen molar-refractivity contribution in [2.24, 2.45) is 0 Å². The third-order valence-corrected chi connectivity index (χ3v) is 4.96. The van der Waals surface area contributed by atoms with E-state index in [0.717, 1.165) is 10.5 Å². The molecule has 0 bridgehead atoms. The molecule has 0 spiro atoms. The Morgan fingerprint density at radius 2 is 1.67 bits per heavy atom. The van der Waals surface area contributed by atoms with E-state index in [2.05, 4.69) is 15.9 Å². The molecule has 0 saturated carbocycles. The van der Waals surface area contributed by atoms with E-state index in [1.165, 1.54) is 18.2 Å². The van der Waals surface area contributed by atoms with Crippen molar-refractivity contribution in [3.8, 4) is 5.75 Å². The first-order valence-corrected chi connectivity index (χ1v) is 9.11. The smallest absolute Gasteiger partial charge is 0.339 e. The highest BCUT2D eigenvalue weighted by Gasteiger charge is 2.19. The Kier molecular flexibility index (Phi) is 5.46. The van der Waals surface area contributed by atoms with Crippen LogP contribution in [0.15, 0.2) is 51.8 Å². The third kappa shape index (κ3) is 4.46. The third-order valence-electron chi connectivity index (χ3n) is 3.20. The van der Waals surface area contributed by atoms with Crippen molar-refractivity contribution in [3.05, 3.63) is 63.6 Å². The van der Waals surface area contributed by atoms with Crippen LogP contribution in [-0.4, -0.2) is 19.5 Å². The molecule has 0 aliphatic rings. The molecule has 0 unspecified atom stereocenters. The number of carbonyl (C=O) groups is 1. The zero-order chi connectivity index (χ0) is 17.9. The maximum Gasteiger partial charge on any atom is 0.339 e. The van der Waals surface area contributed by atoms with Gasteiger partial charge in [-0.1, -0.05) is 15.9 Å². The standard InChI is InChI=1S/C17H15BrO5S/c1-11-9-13(3-8-16(19)20)10-12(2)17(11)23-24(21,22)15-6-4-14(18)5-7-15/h3-10H,1-2H3,(H,19,20)/b8-3+. The molecule has 0 amide bonds. The molecular formula is C17H15BrO5S. The highest BCUT2D eigenvalue weighted by atomic mass is 79.9. The lowest BCUT2D eigenvalue weighted by Crippen LogP contribution is -2.11. The molecule has 2 aromatic carbocycles. The van der Waals surface area contributed by atoms with Crippen LogP contribution in [0, 0.1) is 13.8 Å².